The summed E-state index contributed by atoms with van der Waals surface area (Å²) in [7, 11) is 5.36. The second-order valence-corrected chi connectivity index (χ2v) is 12.9. The van der Waals surface area contributed by atoms with Crippen molar-refractivity contribution in [3.05, 3.63) is 60.8 Å². The molecule has 2 unspecified atom stereocenters. The van der Waals surface area contributed by atoms with E-state index in [1.807, 2.05) is 48.6 Å². The van der Waals surface area contributed by atoms with Crippen LogP contribution in [0, 0.1) is 0 Å². The second kappa shape index (κ2) is 30.4. The van der Waals surface area contributed by atoms with E-state index in [1.54, 1.807) is 21.1 Å². The van der Waals surface area contributed by atoms with Crippen molar-refractivity contribution < 1.29 is 38.2 Å². The number of unbranched alkanes of at least 4 members (excludes halogenated alkanes) is 10. The molecule has 0 N–H and O–H groups in total. The second-order valence-electron chi connectivity index (χ2n) is 12.9. The summed E-state index contributed by atoms with van der Waals surface area (Å²) in [5.41, 5.74) is 0. The number of allylic oxidation sites excluding steroid dienone is 10. The zero-order valence-corrected chi connectivity index (χ0v) is 30.2. The molecule has 0 aliphatic heterocycles. The van der Waals surface area contributed by atoms with Gasteiger partial charge in [0.15, 0.2) is 6.10 Å². The Morgan fingerprint density at radius 1 is 0.660 bits per heavy atom. The van der Waals surface area contributed by atoms with E-state index in [-0.39, 0.29) is 49.1 Å². The van der Waals surface area contributed by atoms with Gasteiger partial charge >= 0.3 is 11.9 Å². The van der Waals surface area contributed by atoms with Gasteiger partial charge in [-0.1, -0.05) is 126 Å². The molecule has 0 amide bonds. The Morgan fingerprint density at radius 2 is 1.19 bits per heavy atom. The van der Waals surface area contributed by atoms with E-state index >= 15 is 0 Å². The highest BCUT2D eigenvalue weighted by atomic mass is 16.6. The number of likely N-dealkylation sites (N-methyl/N-ethyl adjacent to an activating group) is 1. The van der Waals surface area contributed by atoms with Crippen LogP contribution in [-0.4, -0.2) is 75.5 Å². The maximum absolute atomic E-state index is 12.6. The van der Waals surface area contributed by atoms with E-state index in [1.165, 1.54) is 32.1 Å². The molecule has 0 bridgehead atoms. The standard InChI is InChI=1S/C39H65NO7/c1-6-8-10-12-14-16-17-18-19-20-21-22-24-26-28-30-38(42)47-35(33-45-32-31-36(39(43)44)40(3,4)5)34-46-37(41)29-27-25-23-15-13-11-9-7-2/h8,10,12,14,16-21,35-36H,6-7,9,11,13,15,22-34H2,1-5H3/b10-8+,14-12+,17-16+,19-18+,21-20+. The Hall–Kier alpha value is -2.97. The van der Waals surface area contributed by atoms with Crippen molar-refractivity contribution in [2.24, 2.45) is 0 Å². The average molecular weight is 660 g/mol. The first-order valence-corrected chi connectivity index (χ1v) is 17.9. The van der Waals surface area contributed by atoms with E-state index in [2.05, 4.69) is 26.0 Å². The summed E-state index contributed by atoms with van der Waals surface area (Å²) in [5.74, 6) is -1.81. The van der Waals surface area contributed by atoms with E-state index < -0.39 is 18.1 Å². The Morgan fingerprint density at radius 3 is 1.77 bits per heavy atom. The number of carbonyl (C=O) groups excluding carboxylic acids is 3. The van der Waals surface area contributed by atoms with Crippen molar-refractivity contribution in [3.63, 3.8) is 0 Å². The van der Waals surface area contributed by atoms with Gasteiger partial charge in [-0.15, -0.1) is 0 Å². The van der Waals surface area contributed by atoms with Gasteiger partial charge in [0.25, 0.3) is 0 Å². The van der Waals surface area contributed by atoms with Crippen LogP contribution in [0.3, 0.4) is 0 Å². The number of esters is 2. The number of hydrogen-bond acceptors (Lipinski definition) is 7. The summed E-state index contributed by atoms with van der Waals surface area (Å²) in [6, 6.07) is -0.733. The highest BCUT2D eigenvalue weighted by Gasteiger charge is 2.25. The van der Waals surface area contributed by atoms with Crippen LogP contribution in [-0.2, 0) is 28.6 Å². The summed E-state index contributed by atoms with van der Waals surface area (Å²) >= 11 is 0. The van der Waals surface area contributed by atoms with Crippen LogP contribution in [0.4, 0.5) is 0 Å². The Bertz CT molecular complexity index is 959. The predicted molar refractivity (Wildman–Crippen MR) is 189 cm³/mol. The minimum absolute atomic E-state index is 0.0212. The molecular weight excluding hydrogens is 594 g/mol. The van der Waals surface area contributed by atoms with Gasteiger partial charge in [-0.25, -0.2) is 0 Å². The number of carboxylic acid groups (broad SMARTS) is 1. The molecule has 8 nitrogen and oxygen atoms in total. The Kier molecular flexibility index (Phi) is 28.4. The predicted octanol–water partition coefficient (Wildman–Crippen LogP) is 7.35. The van der Waals surface area contributed by atoms with E-state index in [4.69, 9.17) is 14.2 Å². The van der Waals surface area contributed by atoms with Crippen molar-refractivity contribution in [1.29, 1.82) is 0 Å². The van der Waals surface area contributed by atoms with Crippen molar-refractivity contribution in [2.75, 3.05) is 41.0 Å². The van der Waals surface area contributed by atoms with Crippen molar-refractivity contribution in [3.8, 4) is 0 Å². The van der Waals surface area contributed by atoms with Gasteiger partial charge < -0.3 is 28.6 Å². The molecule has 0 aromatic heterocycles. The molecule has 0 rings (SSSR count). The van der Waals surface area contributed by atoms with Crippen molar-refractivity contribution in [2.45, 2.75) is 129 Å². The average Bonchev–Trinajstić information content (AvgIpc) is 3.01. The van der Waals surface area contributed by atoms with Crippen LogP contribution in [0.2, 0.25) is 0 Å². The zero-order chi connectivity index (χ0) is 35.0. The Labute approximate surface area is 286 Å². The van der Waals surface area contributed by atoms with Crippen LogP contribution >= 0.6 is 0 Å². The highest BCUT2D eigenvalue weighted by Crippen LogP contribution is 2.12. The molecule has 0 radical (unpaired) electrons. The van der Waals surface area contributed by atoms with Crippen molar-refractivity contribution in [1.82, 2.24) is 0 Å². The molecule has 0 aliphatic rings. The lowest BCUT2D eigenvalue weighted by Gasteiger charge is -2.34. The third-order valence-corrected chi connectivity index (χ3v) is 7.55. The highest BCUT2D eigenvalue weighted by molar-refractivity contribution is 5.70. The molecular formula is C39H65NO7. The molecule has 0 spiro atoms. The minimum atomic E-state index is -1.14. The van der Waals surface area contributed by atoms with Crippen LogP contribution in [0.25, 0.3) is 0 Å². The largest absolute Gasteiger partial charge is 0.544 e. The summed E-state index contributed by atoms with van der Waals surface area (Å²) in [6.45, 7) is 4.40. The van der Waals surface area contributed by atoms with Gasteiger partial charge in [0.05, 0.1) is 40.3 Å². The van der Waals surface area contributed by atoms with E-state index in [0.29, 0.717) is 12.8 Å². The van der Waals surface area contributed by atoms with Gasteiger partial charge in [0, 0.05) is 19.3 Å². The van der Waals surface area contributed by atoms with E-state index in [0.717, 1.165) is 44.9 Å². The number of hydrogen-bond donors (Lipinski definition) is 0. The third-order valence-electron chi connectivity index (χ3n) is 7.55. The number of aliphatic carboxylic acids is 1. The quantitative estimate of drug-likeness (QED) is 0.0344. The lowest BCUT2D eigenvalue weighted by Crippen LogP contribution is -2.55. The molecule has 47 heavy (non-hydrogen) atoms. The molecule has 0 aromatic rings. The lowest BCUT2D eigenvalue weighted by atomic mass is 10.1. The fraction of sp³-hybridized carbons (Fsp3) is 0.667. The van der Waals surface area contributed by atoms with Gasteiger partial charge in [0.1, 0.15) is 12.6 Å². The first kappa shape index (κ1) is 44.0. The smallest absolute Gasteiger partial charge is 0.306 e. The van der Waals surface area contributed by atoms with E-state index in [9.17, 15) is 19.5 Å². The fourth-order valence-corrected chi connectivity index (χ4v) is 4.74. The monoisotopic (exact) mass is 659 g/mol. The summed E-state index contributed by atoms with van der Waals surface area (Å²) in [5, 5.41) is 11.5. The number of nitrogens with zero attached hydrogens (tertiary/aromatic N) is 1. The van der Waals surface area contributed by atoms with Gasteiger partial charge in [0.2, 0.25) is 0 Å². The van der Waals surface area contributed by atoms with Crippen LogP contribution in [0.5, 0.6) is 0 Å². The molecule has 2 atom stereocenters. The topological polar surface area (TPSA) is 102 Å². The van der Waals surface area contributed by atoms with Crippen LogP contribution in [0.15, 0.2) is 60.8 Å². The number of ether oxygens (including phenoxy) is 3. The normalized spacial score (nSPS) is 13.8. The number of carbonyl (C=O) groups is 3. The number of carboxylic acids is 1. The van der Waals surface area contributed by atoms with Gasteiger partial charge in [-0.3, -0.25) is 9.59 Å². The third kappa shape index (κ3) is 28.9. The van der Waals surface area contributed by atoms with Gasteiger partial charge in [-0.05, 0) is 32.1 Å². The molecule has 0 aliphatic carbocycles. The van der Waals surface area contributed by atoms with Crippen molar-refractivity contribution >= 4 is 17.9 Å². The van der Waals surface area contributed by atoms with Crippen LogP contribution in [0.1, 0.15) is 117 Å². The Balaban J connectivity index is 4.56. The minimum Gasteiger partial charge on any atom is -0.544 e. The zero-order valence-electron chi connectivity index (χ0n) is 30.2. The SMILES string of the molecule is CC/C=C/C=C/C=C/C=C/C=C/CCCCCC(=O)OC(COCCC(C(=O)[O-])[N+](C)(C)C)COC(=O)CCCCCCCCCC. The first-order chi connectivity index (χ1) is 22.6. The molecule has 0 heterocycles. The maximum atomic E-state index is 12.6. The molecule has 0 saturated heterocycles. The van der Waals surface area contributed by atoms with Crippen LogP contribution < -0.4 is 5.11 Å². The lowest BCUT2D eigenvalue weighted by molar-refractivity contribution is -0.889. The summed E-state index contributed by atoms with van der Waals surface area (Å²) < 4.78 is 17.0. The number of rotatable bonds is 30. The molecule has 0 aromatic carbocycles. The number of quaternary nitrogens is 1. The summed E-state index contributed by atoms with van der Waals surface area (Å²) in [6.07, 6.45) is 34.0. The molecule has 268 valence electrons. The molecule has 8 heteroatoms. The molecule has 0 saturated carbocycles. The van der Waals surface area contributed by atoms with Gasteiger partial charge in [-0.2, -0.15) is 0 Å². The fourth-order valence-electron chi connectivity index (χ4n) is 4.74. The summed E-state index contributed by atoms with van der Waals surface area (Å²) in [4.78, 5) is 36.5. The molecule has 0 fully saturated rings. The maximum Gasteiger partial charge on any atom is 0.306 e. The first-order valence-electron chi connectivity index (χ1n) is 17.9.